The van der Waals surface area contributed by atoms with E-state index in [0.29, 0.717) is 24.5 Å². The average Bonchev–Trinajstić information content (AvgIpc) is 3.14. The van der Waals surface area contributed by atoms with Gasteiger partial charge in [-0.25, -0.2) is 19.2 Å². The molecule has 2 aromatic rings. The van der Waals surface area contributed by atoms with E-state index < -0.39 is 17.5 Å². The molecule has 1 aliphatic rings. The molecule has 3 rings (SSSR count). The number of halogens is 4. The number of aromatic nitrogens is 2. The molecule has 0 unspecified atom stereocenters. The van der Waals surface area contributed by atoms with Crippen LogP contribution in [0.25, 0.3) is 6.08 Å². The zero-order valence-electron chi connectivity index (χ0n) is 15.9. The zero-order chi connectivity index (χ0) is 19.9. The molecule has 0 radical (unpaired) electrons. The van der Waals surface area contributed by atoms with E-state index in [1.165, 1.54) is 36.0 Å². The number of carbonyl (C=O) groups is 1. The normalized spacial score (nSPS) is 16.0. The van der Waals surface area contributed by atoms with E-state index in [1.54, 1.807) is 6.20 Å². The maximum Gasteiger partial charge on any atom is 0.267 e. The number of nitrogens with zero attached hydrogens (tertiary/aromatic N) is 3. The molecule has 164 valence electrons. The monoisotopic (exact) mass is 461 g/mol. The number of amides is 1. The minimum Gasteiger partial charge on any atom is -0.365 e. The molecule has 0 aliphatic carbocycles. The minimum atomic E-state index is -0.648. The molecule has 1 saturated heterocycles. The van der Waals surface area contributed by atoms with Gasteiger partial charge in [-0.2, -0.15) is 0 Å². The van der Waals surface area contributed by atoms with Crippen LogP contribution in [0.3, 0.4) is 0 Å². The zero-order valence-corrected chi connectivity index (χ0v) is 17.6. The highest BCUT2D eigenvalue weighted by molar-refractivity contribution is 5.90. The number of hydroxylamine groups is 1. The molecule has 30 heavy (non-hydrogen) atoms. The van der Waals surface area contributed by atoms with Gasteiger partial charge < -0.3 is 10.2 Å². The van der Waals surface area contributed by atoms with Gasteiger partial charge in [0.25, 0.3) is 5.91 Å². The molecule has 1 aromatic heterocycles. The van der Waals surface area contributed by atoms with Crippen LogP contribution < -0.4 is 10.8 Å². The van der Waals surface area contributed by atoms with E-state index in [4.69, 9.17) is 5.21 Å². The van der Waals surface area contributed by atoms with E-state index in [2.05, 4.69) is 20.2 Å². The Morgan fingerprint density at radius 3 is 2.60 bits per heavy atom. The first-order valence-corrected chi connectivity index (χ1v) is 8.91. The number of hydrogen-bond donors (Lipinski definition) is 3. The summed E-state index contributed by atoms with van der Waals surface area (Å²) in [5.41, 5.74) is 2.10. The lowest BCUT2D eigenvalue weighted by Crippen LogP contribution is -2.28. The van der Waals surface area contributed by atoms with E-state index in [1.807, 2.05) is 0 Å². The Hall–Kier alpha value is -2.33. The summed E-state index contributed by atoms with van der Waals surface area (Å²) in [5.74, 6) is -1.05. The number of benzene rings is 1. The van der Waals surface area contributed by atoms with Crippen molar-refractivity contribution in [2.45, 2.75) is 18.9 Å². The summed E-state index contributed by atoms with van der Waals surface area (Å²) in [6.45, 7) is 2.16. The lowest BCUT2D eigenvalue weighted by atomic mass is 10.1. The van der Waals surface area contributed by atoms with Crippen LogP contribution in [0.2, 0.25) is 0 Å². The van der Waals surface area contributed by atoms with Crippen molar-refractivity contribution in [1.82, 2.24) is 20.3 Å². The SMILES string of the molecule is Cl.Cl.O=C(/C=C/c1cnc(N[C@@H]2CCN(CCc3c(F)cccc3F)C2)cn1)NO. The largest absolute Gasteiger partial charge is 0.365 e. The smallest absolute Gasteiger partial charge is 0.267 e. The van der Waals surface area contributed by atoms with Gasteiger partial charge in [0.15, 0.2) is 0 Å². The first-order chi connectivity index (χ1) is 13.5. The standard InChI is InChI=1S/C19H21F2N5O2.2ClH/c20-16-2-1-3-17(21)15(16)7-9-26-8-6-14(12-26)24-18-11-22-13(10-23-18)4-5-19(27)25-28;;/h1-5,10-11,14,28H,6-9,12H2,(H,23,24)(H,25,27);2*1H/b5-4+;;/t14-;;/m1../s1. The Bertz CT molecular complexity index is 835. The summed E-state index contributed by atoms with van der Waals surface area (Å²) >= 11 is 0. The van der Waals surface area contributed by atoms with Crippen LogP contribution >= 0.6 is 24.8 Å². The second kappa shape index (κ2) is 12.4. The number of carbonyl (C=O) groups excluding carboxylic acids is 1. The summed E-state index contributed by atoms with van der Waals surface area (Å²) in [4.78, 5) is 21.5. The summed E-state index contributed by atoms with van der Waals surface area (Å²) < 4.78 is 27.4. The third kappa shape index (κ3) is 7.17. The van der Waals surface area contributed by atoms with Gasteiger partial charge in [-0.3, -0.25) is 15.0 Å². The van der Waals surface area contributed by atoms with E-state index in [9.17, 15) is 13.6 Å². The van der Waals surface area contributed by atoms with Gasteiger partial charge in [-0.05, 0) is 31.1 Å². The molecule has 0 saturated carbocycles. The molecule has 0 bridgehead atoms. The van der Waals surface area contributed by atoms with Crippen molar-refractivity contribution in [1.29, 1.82) is 0 Å². The molecule has 3 N–H and O–H groups in total. The fraction of sp³-hybridized carbons (Fsp3) is 0.316. The predicted molar refractivity (Wildman–Crippen MR) is 114 cm³/mol. The van der Waals surface area contributed by atoms with Crippen molar-refractivity contribution >= 4 is 42.6 Å². The van der Waals surface area contributed by atoms with E-state index in [-0.39, 0.29) is 36.4 Å². The van der Waals surface area contributed by atoms with Crippen LogP contribution in [0, 0.1) is 11.6 Å². The fourth-order valence-corrected chi connectivity index (χ4v) is 3.10. The molecule has 2 heterocycles. The molecule has 1 atom stereocenters. The van der Waals surface area contributed by atoms with Crippen LogP contribution in [-0.4, -0.2) is 51.7 Å². The van der Waals surface area contributed by atoms with Crippen molar-refractivity contribution in [3.05, 3.63) is 59.6 Å². The highest BCUT2D eigenvalue weighted by Gasteiger charge is 2.23. The first kappa shape index (κ1) is 25.7. The van der Waals surface area contributed by atoms with Gasteiger partial charge in [-0.1, -0.05) is 6.07 Å². The Morgan fingerprint density at radius 2 is 1.97 bits per heavy atom. The number of rotatable bonds is 7. The van der Waals surface area contributed by atoms with Crippen molar-refractivity contribution in [3.8, 4) is 0 Å². The average molecular weight is 462 g/mol. The van der Waals surface area contributed by atoms with Gasteiger partial charge in [-0.15, -0.1) is 24.8 Å². The van der Waals surface area contributed by atoms with E-state index >= 15 is 0 Å². The summed E-state index contributed by atoms with van der Waals surface area (Å²) in [7, 11) is 0. The second-order valence-corrected chi connectivity index (χ2v) is 6.52. The number of hydrogen-bond acceptors (Lipinski definition) is 6. The first-order valence-electron chi connectivity index (χ1n) is 8.91. The van der Waals surface area contributed by atoms with Gasteiger partial charge in [0.2, 0.25) is 0 Å². The highest BCUT2D eigenvalue weighted by atomic mass is 35.5. The van der Waals surface area contributed by atoms with Crippen molar-refractivity contribution in [3.63, 3.8) is 0 Å². The maximum absolute atomic E-state index is 13.7. The third-order valence-electron chi connectivity index (χ3n) is 4.55. The molecule has 1 aromatic carbocycles. The van der Waals surface area contributed by atoms with Crippen molar-refractivity contribution in [2.24, 2.45) is 0 Å². The summed E-state index contributed by atoms with van der Waals surface area (Å²) in [6.07, 6.45) is 6.87. The van der Waals surface area contributed by atoms with Crippen molar-refractivity contribution in [2.75, 3.05) is 25.0 Å². The fourth-order valence-electron chi connectivity index (χ4n) is 3.10. The molecule has 0 spiro atoms. The lowest BCUT2D eigenvalue weighted by molar-refractivity contribution is -0.124. The molecular formula is C19H23Cl2F2N5O2. The minimum absolute atomic E-state index is 0. The van der Waals surface area contributed by atoms with Gasteiger partial charge in [0, 0.05) is 37.3 Å². The van der Waals surface area contributed by atoms with Crippen LogP contribution in [0.4, 0.5) is 14.6 Å². The summed E-state index contributed by atoms with van der Waals surface area (Å²) in [6, 6.07) is 4.09. The molecule has 1 aliphatic heterocycles. The summed E-state index contributed by atoms with van der Waals surface area (Å²) in [5, 5.41) is 11.7. The third-order valence-corrected chi connectivity index (χ3v) is 4.55. The van der Waals surface area contributed by atoms with Crippen LogP contribution in [0.15, 0.2) is 36.7 Å². The predicted octanol–water partition coefficient (Wildman–Crippen LogP) is 2.85. The van der Waals surface area contributed by atoms with Gasteiger partial charge in [0.1, 0.15) is 17.5 Å². The van der Waals surface area contributed by atoms with Gasteiger partial charge >= 0.3 is 0 Å². The molecular weight excluding hydrogens is 439 g/mol. The maximum atomic E-state index is 13.7. The second-order valence-electron chi connectivity index (χ2n) is 6.52. The topological polar surface area (TPSA) is 90.4 Å². The molecule has 1 amide bonds. The Labute approximate surface area is 185 Å². The van der Waals surface area contributed by atoms with Gasteiger partial charge in [0.05, 0.1) is 18.1 Å². The Balaban J connectivity index is 0.00000225. The highest BCUT2D eigenvalue weighted by Crippen LogP contribution is 2.17. The molecule has 1 fully saturated rings. The molecule has 11 heteroatoms. The van der Waals surface area contributed by atoms with Crippen molar-refractivity contribution < 1.29 is 18.8 Å². The number of anilines is 1. The number of likely N-dealkylation sites (tertiary alicyclic amines) is 1. The van der Waals surface area contributed by atoms with Crippen LogP contribution in [-0.2, 0) is 11.2 Å². The van der Waals surface area contributed by atoms with E-state index in [0.717, 1.165) is 25.6 Å². The van der Waals surface area contributed by atoms with Crippen LogP contribution in [0.5, 0.6) is 0 Å². The number of nitrogens with one attached hydrogen (secondary N) is 2. The van der Waals surface area contributed by atoms with Crippen LogP contribution in [0.1, 0.15) is 17.7 Å². The Morgan fingerprint density at radius 1 is 1.23 bits per heavy atom. The lowest BCUT2D eigenvalue weighted by Gasteiger charge is -2.17. The molecule has 7 nitrogen and oxygen atoms in total. The Kier molecular flexibility index (Phi) is 10.6. The quantitative estimate of drug-likeness (QED) is 0.333.